The average Bonchev–Trinajstić information content (AvgIpc) is 3.20. The van der Waals surface area contributed by atoms with E-state index in [4.69, 9.17) is 0 Å². The maximum atomic E-state index is 4.58. The summed E-state index contributed by atoms with van der Waals surface area (Å²) in [4.78, 5) is 4.58. The monoisotopic (exact) mass is 427 g/mol. The van der Waals surface area contributed by atoms with Crippen LogP contribution in [0.1, 0.15) is 0 Å². The summed E-state index contributed by atoms with van der Waals surface area (Å²) in [5, 5.41) is 15.7. The van der Waals surface area contributed by atoms with Crippen molar-refractivity contribution in [2.45, 2.75) is 0 Å². The Kier molecular flexibility index (Phi) is 2.86. The van der Waals surface area contributed by atoms with E-state index >= 15 is 0 Å². The van der Waals surface area contributed by atoms with Crippen molar-refractivity contribution >= 4 is 64.6 Å². The average molecular weight is 428 g/mol. The predicted octanol–water partition coefficient (Wildman–Crippen LogP) is 9.09. The van der Waals surface area contributed by atoms with Crippen LogP contribution in [0.25, 0.3) is 86.9 Å². The highest BCUT2D eigenvalue weighted by molar-refractivity contribution is 6.37. The van der Waals surface area contributed by atoms with Crippen molar-refractivity contribution in [2.75, 3.05) is 0 Å². The fourth-order valence-electron chi connectivity index (χ4n) is 6.49. The van der Waals surface area contributed by atoms with Crippen LogP contribution in [0.15, 0.2) is 103 Å². The van der Waals surface area contributed by atoms with Crippen molar-refractivity contribution in [1.29, 1.82) is 0 Å². The van der Waals surface area contributed by atoms with Gasteiger partial charge >= 0.3 is 0 Å². The molecule has 0 aliphatic heterocycles. The molecule has 0 saturated heterocycles. The van der Waals surface area contributed by atoms with Gasteiger partial charge in [-0.25, -0.2) is 0 Å². The van der Waals surface area contributed by atoms with E-state index in [0.717, 1.165) is 0 Å². The first-order valence-electron chi connectivity index (χ1n) is 11.8. The van der Waals surface area contributed by atoms with Gasteiger partial charge in [0.2, 0.25) is 0 Å². The summed E-state index contributed by atoms with van der Waals surface area (Å²) in [5.74, 6) is 0. The van der Waals surface area contributed by atoms with Crippen LogP contribution in [0.5, 0.6) is 0 Å². The van der Waals surface area contributed by atoms with Gasteiger partial charge in [0.25, 0.3) is 0 Å². The van der Waals surface area contributed by atoms with Crippen LogP contribution in [-0.2, 0) is 0 Å². The molecule has 1 heteroatoms. The van der Waals surface area contributed by atoms with E-state index in [0.29, 0.717) is 0 Å². The molecule has 7 aromatic carbocycles. The molecule has 0 unspecified atom stereocenters. The number of aromatic nitrogens is 1. The number of benzene rings is 7. The Hall–Kier alpha value is -4.49. The van der Waals surface area contributed by atoms with Crippen LogP contribution in [-0.4, -0.2) is 4.98 Å². The van der Waals surface area contributed by atoms with Crippen molar-refractivity contribution in [1.82, 2.24) is 4.98 Å². The Morgan fingerprint density at radius 1 is 0.353 bits per heavy atom. The Labute approximate surface area is 195 Å². The lowest BCUT2D eigenvalue weighted by Gasteiger charge is -2.15. The summed E-state index contributed by atoms with van der Waals surface area (Å²) in [6.07, 6.45) is 4.03. The Morgan fingerprint density at radius 3 is 1.68 bits per heavy atom. The molecule has 1 heterocycles. The van der Waals surface area contributed by atoms with Gasteiger partial charge in [-0.2, -0.15) is 0 Å². The normalized spacial score (nSPS) is 12.7. The molecular formula is C33H17N. The number of rotatable bonds is 0. The van der Waals surface area contributed by atoms with Crippen LogP contribution in [0.2, 0.25) is 0 Å². The van der Waals surface area contributed by atoms with Gasteiger partial charge in [-0.1, -0.05) is 66.7 Å². The van der Waals surface area contributed by atoms with Gasteiger partial charge in [0.15, 0.2) is 0 Å². The Bertz CT molecular complexity index is 2020. The topological polar surface area (TPSA) is 12.9 Å². The summed E-state index contributed by atoms with van der Waals surface area (Å²) in [5.41, 5.74) is 5.38. The summed E-state index contributed by atoms with van der Waals surface area (Å²) in [6.45, 7) is 0. The van der Waals surface area contributed by atoms with Crippen LogP contribution >= 0.6 is 0 Å². The fourth-order valence-corrected chi connectivity index (χ4v) is 6.49. The van der Waals surface area contributed by atoms with Gasteiger partial charge in [0.1, 0.15) is 0 Å². The summed E-state index contributed by atoms with van der Waals surface area (Å²) in [7, 11) is 0. The van der Waals surface area contributed by atoms with Crippen LogP contribution < -0.4 is 0 Å². The second kappa shape index (κ2) is 5.70. The second-order valence-electron chi connectivity index (χ2n) is 9.61. The molecule has 0 atom stereocenters. The van der Waals surface area contributed by atoms with Gasteiger partial charge in [-0.05, 0) is 95.0 Å². The SMILES string of the molecule is c1ccc2cc3cc4c(cc3cc2c1)-c1ccc2c3cccc5cncc(c6ccc-4c1c26)c53. The number of nitrogens with zero attached hydrogens (tertiary/aromatic N) is 1. The zero-order chi connectivity index (χ0) is 22.0. The maximum Gasteiger partial charge on any atom is 0.0353 e. The minimum absolute atomic E-state index is 1.21. The lowest BCUT2D eigenvalue weighted by Crippen LogP contribution is -1.88. The third kappa shape index (κ3) is 1.91. The van der Waals surface area contributed by atoms with E-state index in [9.17, 15) is 0 Å². The summed E-state index contributed by atoms with van der Waals surface area (Å²) in [6, 6.07) is 34.0. The quantitative estimate of drug-likeness (QED) is 0.174. The zero-order valence-electron chi connectivity index (χ0n) is 18.3. The summed E-state index contributed by atoms with van der Waals surface area (Å²) < 4.78 is 0. The van der Waals surface area contributed by atoms with E-state index in [1.165, 1.54) is 86.9 Å². The molecule has 0 saturated carbocycles. The molecule has 9 rings (SSSR count). The largest absolute Gasteiger partial charge is 0.263 e. The Morgan fingerprint density at radius 2 is 0.971 bits per heavy atom. The molecule has 0 N–H and O–H groups in total. The molecule has 1 nitrogen and oxygen atoms in total. The first-order chi connectivity index (χ1) is 16.8. The maximum absolute atomic E-state index is 4.58. The molecular weight excluding hydrogens is 410 g/mol. The molecule has 8 aromatic rings. The zero-order valence-corrected chi connectivity index (χ0v) is 18.3. The molecule has 0 fully saturated rings. The van der Waals surface area contributed by atoms with Crippen LogP contribution in [0.3, 0.4) is 0 Å². The number of hydrogen-bond acceptors (Lipinski definition) is 1. The summed E-state index contributed by atoms with van der Waals surface area (Å²) >= 11 is 0. The number of hydrogen-bond donors (Lipinski definition) is 0. The fraction of sp³-hybridized carbons (Fsp3) is 0. The van der Waals surface area contributed by atoms with Crippen molar-refractivity contribution in [3.05, 3.63) is 103 Å². The molecule has 0 spiro atoms. The van der Waals surface area contributed by atoms with Gasteiger partial charge < -0.3 is 0 Å². The van der Waals surface area contributed by atoms with E-state index in [1.807, 2.05) is 12.4 Å². The molecule has 34 heavy (non-hydrogen) atoms. The number of fused-ring (bicyclic) bond motifs is 7. The smallest absolute Gasteiger partial charge is 0.0353 e. The van der Waals surface area contributed by atoms with Crippen molar-refractivity contribution in [3.63, 3.8) is 0 Å². The van der Waals surface area contributed by atoms with Crippen molar-refractivity contribution in [3.8, 4) is 22.3 Å². The highest BCUT2D eigenvalue weighted by Crippen LogP contribution is 2.52. The highest BCUT2D eigenvalue weighted by atomic mass is 14.6. The van der Waals surface area contributed by atoms with Crippen LogP contribution in [0, 0.1) is 0 Å². The van der Waals surface area contributed by atoms with Crippen molar-refractivity contribution < 1.29 is 0 Å². The lowest BCUT2D eigenvalue weighted by molar-refractivity contribution is 1.39. The minimum Gasteiger partial charge on any atom is -0.263 e. The highest BCUT2D eigenvalue weighted by Gasteiger charge is 2.25. The number of pyridine rings is 1. The van der Waals surface area contributed by atoms with E-state index in [1.54, 1.807) is 0 Å². The van der Waals surface area contributed by atoms with E-state index in [-0.39, 0.29) is 0 Å². The lowest BCUT2D eigenvalue weighted by atomic mass is 9.89. The van der Waals surface area contributed by atoms with Crippen LogP contribution in [0.4, 0.5) is 0 Å². The van der Waals surface area contributed by atoms with Gasteiger partial charge in [0.05, 0.1) is 0 Å². The minimum atomic E-state index is 1.21. The van der Waals surface area contributed by atoms with Gasteiger partial charge in [-0.3, -0.25) is 4.98 Å². The first kappa shape index (κ1) is 17.0. The van der Waals surface area contributed by atoms with E-state index in [2.05, 4.69) is 96.0 Å². The van der Waals surface area contributed by atoms with E-state index < -0.39 is 0 Å². The molecule has 1 aliphatic rings. The first-order valence-corrected chi connectivity index (χ1v) is 11.8. The Balaban J connectivity index is 1.48. The molecule has 0 bridgehead atoms. The van der Waals surface area contributed by atoms with Crippen molar-refractivity contribution in [2.24, 2.45) is 0 Å². The standard InChI is InChI=1S/C33H17N/c1-2-5-19-13-22-15-29-26-10-11-27-30-17-34-16-20-6-3-7-23(31(20)30)24-8-9-25(33(26)32(24)27)28(29)14-21(22)12-18(19)4-1/h1-17H. The predicted molar refractivity (Wildman–Crippen MR) is 145 cm³/mol. The van der Waals surface area contributed by atoms with Gasteiger partial charge in [0, 0.05) is 28.6 Å². The molecule has 0 amide bonds. The molecule has 1 aliphatic carbocycles. The second-order valence-corrected chi connectivity index (χ2v) is 9.61. The molecule has 0 radical (unpaired) electrons. The third-order valence-electron chi connectivity index (χ3n) is 7.95. The third-order valence-corrected chi connectivity index (χ3v) is 7.95. The molecule has 154 valence electrons. The van der Waals surface area contributed by atoms with Gasteiger partial charge in [-0.15, -0.1) is 0 Å². The molecule has 1 aromatic heterocycles.